The second-order valence-corrected chi connectivity index (χ2v) is 10.1. The summed E-state index contributed by atoms with van der Waals surface area (Å²) in [6.07, 6.45) is 1.93. The van der Waals surface area contributed by atoms with Gasteiger partial charge >= 0.3 is 0 Å². The highest BCUT2D eigenvalue weighted by Crippen LogP contribution is 2.41. The number of rotatable bonds is 4. The first-order valence-corrected chi connectivity index (χ1v) is 12.3. The van der Waals surface area contributed by atoms with E-state index in [0.717, 1.165) is 63.9 Å². The average Bonchev–Trinajstić information content (AvgIpc) is 3.36. The van der Waals surface area contributed by atoms with Crippen LogP contribution in [-0.4, -0.2) is 21.4 Å². The summed E-state index contributed by atoms with van der Waals surface area (Å²) in [6.45, 7) is 0. The zero-order valence-electron chi connectivity index (χ0n) is 17.7. The van der Waals surface area contributed by atoms with Crippen molar-refractivity contribution in [3.05, 3.63) is 82.0 Å². The van der Waals surface area contributed by atoms with Crippen LogP contribution in [0.4, 0.5) is 0 Å². The van der Waals surface area contributed by atoms with Gasteiger partial charge in [-0.1, -0.05) is 24.3 Å². The van der Waals surface area contributed by atoms with Gasteiger partial charge in [0.15, 0.2) is 0 Å². The van der Waals surface area contributed by atoms with Gasteiger partial charge in [-0.15, -0.1) is 0 Å². The maximum Gasteiger partial charge on any atom is 0.105 e. The molecule has 4 heteroatoms. The molecular formula is C28H26O3S. The zero-order valence-corrected chi connectivity index (χ0v) is 18.6. The number of aliphatic hydroxyl groups is 3. The Labute approximate surface area is 190 Å². The Kier molecular flexibility index (Phi) is 4.92. The molecule has 0 aliphatic heterocycles. The molecule has 0 saturated heterocycles. The number of benzene rings is 4. The van der Waals surface area contributed by atoms with E-state index in [9.17, 15) is 15.3 Å². The van der Waals surface area contributed by atoms with Crippen molar-refractivity contribution in [3.8, 4) is 0 Å². The van der Waals surface area contributed by atoms with Gasteiger partial charge in [0.1, 0.15) is 6.10 Å². The highest BCUT2D eigenvalue weighted by molar-refractivity contribution is 7.08. The normalized spacial score (nSPS) is 21.5. The number of thiophene rings is 1. The SMILES string of the molecule is OC1CCC(C(O)c2cc3ccc4cc(C(O)c5ccsc5)cc5ccc(c2)c3c45)CC1. The molecule has 6 rings (SSSR count). The predicted molar refractivity (Wildman–Crippen MR) is 131 cm³/mol. The van der Waals surface area contributed by atoms with Crippen LogP contribution in [-0.2, 0) is 0 Å². The first-order valence-electron chi connectivity index (χ1n) is 11.4. The van der Waals surface area contributed by atoms with Gasteiger partial charge in [-0.25, -0.2) is 0 Å². The maximum absolute atomic E-state index is 11.1. The van der Waals surface area contributed by atoms with Crippen molar-refractivity contribution in [1.82, 2.24) is 0 Å². The summed E-state index contributed by atoms with van der Waals surface area (Å²) in [5.41, 5.74) is 2.80. The fourth-order valence-electron chi connectivity index (χ4n) is 5.53. The highest BCUT2D eigenvalue weighted by atomic mass is 32.1. The Hall–Kier alpha value is -2.50. The molecule has 0 bridgehead atoms. The number of aliphatic hydroxyl groups excluding tert-OH is 3. The molecule has 1 saturated carbocycles. The van der Waals surface area contributed by atoms with Gasteiger partial charge in [0.2, 0.25) is 0 Å². The smallest absolute Gasteiger partial charge is 0.105 e. The summed E-state index contributed by atoms with van der Waals surface area (Å²) in [5.74, 6) is 0.202. The summed E-state index contributed by atoms with van der Waals surface area (Å²) < 4.78 is 0. The van der Waals surface area contributed by atoms with Gasteiger partial charge in [-0.05, 0) is 122 Å². The van der Waals surface area contributed by atoms with Crippen LogP contribution in [0.25, 0.3) is 32.3 Å². The van der Waals surface area contributed by atoms with Gasteiger partial charge in [0.25, 0.3) is 0 Å². The molecule has 3 N–H and O–H groups in total. The van der Waals surface area contributed by atoms with E-state index in [0.29, 0.717) is 0 Å². The Morgan fingerprint density at radius 3 is 1.72 bits per heavy atom. The minimum absolute atomic E-state index is 0.202. The molecule has 3 nitrogen and oxygen atoms in total. The largest absolute Gasteiger partial charge is 0.393 e. The van der Waals surface area contributed by atoms with Crippen molar-refractivity contribution in [3.63, 3.8) is 0 Å². The highest BCUT2D eigenvalue weighted by Gasteiger charge is 2.27. The van der Waals surface area contributed by atoms with Crippen molar-refractivity contribution in [2.45, 2.75) is 44.0 Å². The van der Waals surface area contributed by atoms with Crippen molar-refractivity contribution in [2.75, 3.05) is 0 Å². The van der Waals surface area contributed by atoms with Gasteiger partial charge in [-0.2, -0.15) is 11.3 Å². The van der Waals surface area contributed by atoms with Crippen LogP contribution >= 0.6 is 11.3 Å². The van der Waals surface area contributed by atoms with E-state index in [1.54, 1.807) is 11.3 Å². The molecule has 1 aliphatic rings. The molecule has 1 aliphatic carbocycles. The lowest BCUT2D eigenvalue weighted by Crippen LogP contribution is -2.23. The van der Waals surface area contributed by atoms with Crippen LogP contribution in [0.15, 0.2) is 65.4 Å². The topological polar surface area (TPSA) is 60.7 Å². The van der Waals surface area contributed by atoms with Gasteiger partial charge in [0.05, 0.1) is 12.2 Å². The standard InChI is InChI=1S/C28H26O3S/c29-24-7-5-16(6-8-24)27(30)22-11-17-1-3-19-13-23(28(31)21-9-10-32-15-21)14-20-4-2-18(12-22)25(17)26(19)20/h1-4,9-16,24,27-31H,5-8H2. The summed E-state index contributed by atoms with van der Waals surface area (Å²) in [4.78, 5) is 0. The monoisotopic (exact) mass is 442 g/mol. The van der Waals surface area contributed by atoms with E-state index >= 15 is 0 Å². The fraction of sp³-hybridized carbons (Fsp3) is 0.286. The lowest BCUT2D eigenvalue weighted by atomic mass is 9.80. The number of hydrogen-bond acceptors (Lipinski definition) is 4. The van der Waals surface area contributed by atoms with Crippen LogP contribution in [0.1, 0.15) is 54.6 Å². The van der Waals surface area contributed by atoms with E-state index in [2.05, 4.69) is 48.5 Å². The third-order valence-electron chi connectivity index (χ3n) is 7.28. The van der Waals surface area contributed by atoms with E-state index in [-0.39, 0.29) is 12.0 Å². The van der Waals surface area contributed by atoms with E-state index in [1.807, 2.05) is 16.8 Å². The quantitative estimate of drug-likeness (QED) is 0.286. The van der Waals surface area contributed by atoms with Crippen LogP contribution in [0, 0.1) is 5.92 Å². The maximum atomic E-state index is 11.1. The molecule has 0 amide bonds. The van der Waals surface area contributed by atoms with Crippen molar-refractivity contribution in [1.29, 1.82) is 0 Å². The summed E-state index contributed by atoms with van der Waals surface area (Å²) >= 11 is 1.59. The Balaban J connectivity index is 1.45. The molecule has 4 aromatic carbocycles. The zero-order chi connectivity index (χ0) is 21.8. The third kappa shape index (κ3) is 3.30. The molecular weight excluding hydrogens is 416 g/mol. The second-order valence-electron chi connectivity index (χ2n) is 9.29. The Morgan fingerprint density at radius 1 is 0.688 bits per heavy atom. The van der Waals surface area contributed by atoms with E-state index in [4.69, 9.17) is 0 Å². The van der Waals surface area contributed by atoms with Crippen LogP contribution in [0.5, 0.6) is 0 Å². The fourth-order valence-corrected chi connectivity index (χ4v) is 6.21. The van der Waals surface area contributed by atoms with Gasteiger partial charge < -0.3 is 15.3 Å². The lowest BCUT2D eigenvalue weighted by molar-refractivity contribution is 0.0415. The van der Waals surface area contributed by atoms with Gasteiger partial charge in [0, 0.05) is 0 Å². The predicted octanol–water partition coefficient (Wildman–Crippen LogP) is 6.31. The second kappa shape index (κ2) is 7.82. The minimum atomic E-state index is -0.626. The van der Waals surface area contributed by atoms with E-state index in [1.165, 1.54) is 10.8 Å². The van der Waals surface area contributed by atoms with Crippen LogP contribution in [0.2, 0.25) is 0 Å². The molecule has 2 unspecified atom stereocenters. The first-order chi connectivity index (χ1) is 15.6. The molecule has 1 heterocycles. The van der Waals surface area contributed by atoms with E-state index < -0.39 is 12.2 Å². The molecule has 1 aromatic heterocycles. The Morgan fingerprint density at radius 2 is 1.22 bits per heavy atom. The summed E-state index contributed by atoms with van der Waals surface area (Å²) in [6, 6.07) is 18.9. The lowest BCUT2D eigenvalue weighted by Gasteiger charge is -2.29. The molecule has 162 valence electrons. The third-order valence-corrected chi connectivity index (χ3v) is 7.98. The van der Waals surface area contributed by atoms with Crippen molar-refractivity contribution < 1.29 is 15.3 Å². The summed E-state index contributed by atoms with van der Waals surface area (Å²) in [7, 11) is 0. The van der Waals surface area contributed by atoms with Crippen LogP contribution < -0.4 is 0 Å². The number of hydrogen-bond donors (Lipinski definition) is 3. The van der Waals surface area contributed by atoms with Crippen LogP contribution in [0.3, 0.4) is 0 Å². The molecule has 0 radical (unpaired) electrons. The Bertz CT molecular complexity index is 1320. The van der Waals surface area contributed by atoms with Gasteiger partial charge in [-0.3, -0.25) is 0 Å². The molecule has 32 heavy (non-hydrogen) atoms. The van der Waals surface area contributed by atoms with Crippen molar-refractivity contribution >= 4 is 43.7 Å². The first kappa shape index (κ1) is 20.1. The minimum Gasteiger partial charge on any atom is -0.393 e. The van der Waals surface area contributed by atoms with Crippen molar-refractivity contribution in [2.24, 2.45) is 5.92 Å². The average molecular weight is 443 g/mol. The molecule has 2 atom stereocenters. The molecule has 0 spiro atoms. The molecule has 5 aromatic rings. The molecule has 1 fully saturated rings. The summed E-state index contributed by atoms with van der Waals surface area (Å²) in [5, 5.41) is 42.7.